The molecule has 0 aliphatic carbocycles. The molecule has 2 heterocycles. The molecule has 0 amide bonds. The van der Waals surface area contributed by atoms with Crippen molar-refractivity contribution in [2.24, 2.45) is 10.7 Å². The molecule has 0 saturated heterocycles. The minimum Gasteiger partial charge on any atom is -0.368 e. The lowest BCUT2D eigenvalue weighted by atomic mass is 10.3. The maximum atomic E-state index is 10.8. The van der Waals surface area contributed by atoms with Crippen LogP contribution in [-0.2, 0) is 6.42 Å². The Morgan fingerprint density at radius 2 is 2.55 bits per heavy atom. The van der Waals surface area contributed by atoms with Crippen molar-refractivity contribution in [2.45, 2.75) is 6.42 Å². The lowest BCUT2D eigenvalue weighted by molar-refractivity contribution is 0.767. The molecule has 0 fully saturated rings. The second kappa shape index (κ2) is 1.98. The zero-order valence-corrected chi connectivity index (χ0v) is 5.87. The van der Waals surface area contributed by atoms with Crippen LogP contribution < -0.4 is 11.3 Å². The van der Waals surface area contributed by atoms with Crippen LogP contribution >= 0.6 is 0 Å². The number of rotatable bonds is 0. The first-order valence-electron chi connectivity index (χ1n) is 3.38. The molecule has 0 bridgehead atoms. The monoisotopic (exact) mass is 152 g/mol. The predicted molar refractivity (Wildman–Crippen MR) is 40.6 cm³/mol. The third-order valence-corrected chi connectivity index (χ3v) is 1.68. The van der Waals surface area contributed by atoms with Gasteiger partial charge in [-0.2, -0.15) is 0 Å². The van der Waals surface area contributed by atoms with Gasteiger partial charge in [0.05, 0.1) is 5.69 Å². The number of aromatic nitrogens is 2. The predicted octanol–water partition coefficient (Wildman–Crippen LogP) is -1.10. The van der Waals surface area contributed by atoms with E-state index in [1.807, 2.05) is 0 Å². The van der Waals surface area contributed by atoms with E-state index in [-0.39, 0.29) is 5.56 Å². The Labute approximate surface area is 62.5 Å². The minimum atomic E-state index is -0.125. The number of hydrogen-bond acceptors (Lipinski definition) is 3. The summed E-state index contributed by atoms with van der Waals surface area (Å²) >= 11 is 0. The van der Waals surface area contributed by atoms with Crippen LogP contribution in [0.1, 0.15) is 5.69 Å². The Morgan fingerprint density at radius 3 is 3.27 bits per heavy atom. The quantitative estimate of drug-likeness (QED) is 0.495. The fraction of sp³-hybridized carbons (Fsp3) is 0.333. The Kier molecular flexibility index (Phi) is 1.12. The first-order valence-corrected chi connectivity index (χ1v) is 3.38. The van der Waals surface area contributed by atoms with Gasteiger partial charge < -0.3 is 5.73 Å². The van der Waals surface area contributed by atoms with Gasteiger partial charge in [0.2, 0.25) is 5.96 Å². The Bertz CT molecular complexity index is 359. The van der Waals surface area contributed by atoms with Crippen molar-refractivity contribution in [2.75, 3.05) is 6.54 Å². The molecule has 1 aliphatic heterocycles. The van der Waals surface area contributed by atoms with Crippen molar-refractivity contribution in [3.05, 3.63) is 22.1 Å². The van der Waals surface area contributed by atoms with Crippen LogP contribution in [0.3, 0.4) is 0 Å². The lowest BCUT2D eigenvalue weighted by Gasteiger charge is -2.10. The van der Waals surface area contributed by atoms with E-state index in [0.29, 0.717) is 12.5 Å². The number of nitrogens with two attached hydrogens (primary N) is 1. The van der Waals surface area contributed by atoms with Crippen molar-refractivity contribution in [3.8, 4) is 0 Å². The molecule has 1 aromatic heterocycles. The third-order valence-electron chi connectivity index (χ3n) is 1.68. The van der Waals surface area contributed by atoms with E-state index >= 15 is 0 Å². The van der Waals surface area contributed by atoms with Gasteiger partial charge in [-0.05, 0) is 0 Å². The summed E-state index contributed by atoms with van der Waals surface area (Å²) in [6, 6.07) is 1.54. The first-order chi connectivity index (χ1) is 5.27. The van der Waals surface area contributed by atoms with E-state index in [0.717, 1.165) is 12.1 Å². The molecule has 58 valence electrons. The molecule has 1 aromatic rings. The number of hydrogen-bond donors (Lipinski definition) is 2. The standard InChI is InChI=1S/C6H8N4O/c7-6-8-2-1-4-3-5(11)9-10(4)6/h3H,1-2H2,(H2,7,8)(H,9,11). The summed E-state index contributed by atoms with van der Waals surface area (Å²) in [6.45, 7) is 0.670. The number of H-pyrrole nitrogens is 1. The number of fused-ring (bicyclic) bond motifs is 1. The molecular weight excluding hydrogens is 144 g/mol. The van der Waals surface area contributed by atoms with Gasteiger partial charge in [-0.3, -0.25) is 14.9 Å². The van der Waals surface area contributed by atoms with Crippen LogP contribution in [0.15, 0.2) is 15.9 Å². The van der Waals surface area contributed by atoms with Gasteiger partial charge >= 0.3 is 0 Å². The van der Waals surface area contributed by atoms with Gasteiger partial charge in [0.25, 0.3) is 5.56 Å². The van der Waals surface area contributed by atoms with E-state index in [1.54, 1.807) is 6.07 Å². The fourth-order valence-electron chi connectivity index (χ4n) is 1.17. The van der Waals surface area contributed by atoms with E-state index < -0.39 is 0 Å². The molecule has 0 radical (unpaired) electrons. The Balaban J connectivity index is 2.64. The van der Waals surface area contributed by atoms with E-state index in [9.17, 15) is 4.79 Å². The largest absolute Gasteiger partial charge is 0.368 e. The Hall–Kier alpha value is -1.52. The number of aromatic amines is 1. The molecule has 5 nitrogen and oxygen atoms in total. The van der Waals surface area contributed by atoms with E-state index in [2.05, 4.69) is 10.1 Å². The number of nitrogens with one attached hydrogen (secondary N) is 1. The molecular formula is C6H8N4O. The van der Waals surface area contributed by atoms with E-state index in [1.165, 1.54) is 4.68 Å². The normalized spacial score (nSPS) is 15.8. The van der Waals surface area contributed by atoms with Crippen molar-refractivity contribution < 1.29 is 0 Å². The Morgan fingerprint density at radius 1 is 1.73 bits per heavy atom. The summed E-state index contributed by atoms with van der Waals surface area (Å²) in [7, 11) is 0. The zero-order valence-electron chi connectivity index (χ0n) is 5.87. The van der Waals surface area contributed by atoms with Crippen LogP contribution in [0.4, 0.5) is 0 Å². The molecule has 5 heteroatoms. The van der Waals surface area contributed by atoms with Gasteiger partial charge in [-0.15, -0.1) is 0 Å². The van der Waals surface area contributed by atoms with Gasteiger partial charge in [-0.25, -0.2) is 4.68 Å². The zero-order chi connectivity index (χ0) is 7.84. The van der Waals surface area contributed by atoms with Gasteiger partial charge in [0, 0.05) is 19.0 Å². The highest BCUT2D eigenvalue weighted by Gasteiger charge is 2.10. The summed E-state index contributed by atoms with van der Waals surface area (Å²) in [4.78, 5) is 14.8. The lowest BCUT2D eigenvalue weighted by Crippen LogP contribution is -2.29. The van der Waals surface area contributed by atoms with Gasteiger partial charge in [-0.1, -0.05) is 0 Å². The van der Waals surface area contributed by atoms with Crippen molar-refractivity contribution in [1.29, 1.82) is 0 Å². The fourth-order valence-corrected chi connectivity index (χ4v) is 1.17. The maximum absolute atomic E-state index is 10.8. The van der Waals surface area contributed by atoms with Crippen LogP contribution in [0.2, 0.25) is 0 Å². The summed E-state index contributed by atoms with van der Waals surface area (Å²) in [5.74, 6) is 0.369. The van der Waals surface area contributed by atoms with Gasteiger partial charge in [0.15, 0.2) is 0 Å². The highest BCUT2D eigenvalue weighted by molar-refractivity contribution is 5.80. The maximum Gasteiger partial charge on any atom is 0.264 e. The first kappa shape index (κ1) is 6.21. The topological polar surface area (TPSA) is 76.2 Å². The molecule has 0 unspecified atom stereocenters. The van der Waals surface area contributed by atoms with Crippen LogP contribution in [-0.4, -0.2) is 22.3 Å². The average molecular weight is 152 g/mol. The van der Waals surface area contributed by atoms with Gasteiger partial charge in [0.1, 0.15) is 0 Å². The molecule has 3 N–H and O–H groups in total. The molecule has 0 aromatic carbocycles. The molecule has 2 rings (SSSR count). The second-order valence-corrected chi connectivity index (χ2v) is 2.44. The third kappa shape index (κ3) is 0.849. The highest BCUT2D eigenvalue weighted by Crippen LogP contribution is 2.00. The molecule has 0 spiro atoms. The van der Waals surface area contributed by atoms with Crippen LogP contribution in [0, 0.1) is 0 Å². The van der Waals surface area contributed by atoms with Crippen molar-refractivity contribution in [1.82, 2.24) is 9.78 Å². The summed E-state index contributed by atoms with van der Waals surface area (Å²) in [6.07, 6.45) is 0.777. The molecule has 0 atom stereocenters. The second-order valence-electron chi connectivity index (χ2n) is 2.44. The summed E-state index contributed by atoms with van der Waals surface area (Å²) in [5, 5.41) is 2.55. The van der Waals surface area contributed by atoms with E-state index in [4.69, 9.17) is 5.73 Å². The molecule has 11 heavy (non-hydrogen) atoms. The number of aliphatic imine (C=N–C) groups is 1. The molecule has 0 saturated carbocycles. The van der Waals surface area contributed by atoms with Crippen LogP contribution in [0.25, 0.3) is 0 Å². The smallest absolute Gasteiger partial charge is 0.264 e. The number of nitrogens with zero attached hydrogens (tertiary/aromatic N) is 2. The van der Waals surface area contributed by atoms with Crippen molar-refractivity contribution >= 4 is 5.96 Å². The summed E-state index contributed by atoms with van der Waals surface area (Å²) < 4.78 is 1.52. The minimum absolute atomic E-state index is 0.125. The van der Waals surface area contributed by atoms with Crippen molar-refractivity contribution in [3.63, 3.8) is 0 Å². The molecule has 1 aliphatic rings. The SMILES string of the molecule is NC1=NCCc2cc(=O)[nH]n21. The summed E-state index contributed by atoms with van der Waals surface area (Å²) in [5.41, 5.74) is 6.28. The average Bonchev–Trinajstić information content (AvgIpc) is 2.31. The van der Waals surface area contributed by atoms with Crippen LogP contribution in [0.5, 0.6) is 0 Å². The highest BCUT2D eigenvalue weighted by atomic mass is 16.1.